The minimum Gasteiger partial charge on any atom is -0.462 e. The van der Waals surface area contributed by atoms with Gasteiger partial charge < -0.3 is 14.2 Å². The summed E-state index contributed by atoms with van der Waals surface area (Å²) >= 11 is 0. The summed E-state index contributed by atoms with van der Waals surface area (Å²) in [6.45, 7) is 6.32. The number of ether oxygens (including phenoxy) is 3. The molecule has 0 aromatic rings. The molecule has 0 spiro atoms. The lowest BCUT2D eigenvalue weighted by Gasteiger charge is -2.18. The topological polar surface area (TPSA) is 78.9 Å². The third kappa shape index (κ3) is 49.3. The standard InChI is InChI=1S/C58H96O6/c1-4-7-10-13-16-19-22-25-27-28-29-31-33-36-39-42-45-48-51-57(60)63-54-55(53-62-56(59)50-47-44-41-38-35-32-24-21-18-15-12-9-6-3)64-58(61)52-49-46-43-40-37-34-30-26-23-20-17-14-11-8-5-2/h8-9,11-12,14-15,17-18,20-21,23-24,26,29-31,55H,4-7,10,13,16,19,22,25,27-28,32-54H2,1-3H3/b11-8-,12-9-,17-14-,18-15-,23-20-,24-21-,30-26-,31-29-. The molecule has 0 aliphatic heterocycles. The zero-order valence-electron chi connectivity index (χ0n) is 41.5. The Balaban J connectivity index is 4.45. The maximum absolute atomic E-state index is 12.8. The molecular formula is C58H96O6. The van der Waals surface area contributed by atoms with Crippen LogP contribution >= 0.6 is 0 Å². The molecular weight excluding hydrogens is 793 g/mol. The van der Waals surface area contributed by atoms with Crippen LogP contribution in [0.1, 0.15) is 233 Å². The SMILES string of the molecule is CC\C=C/C=C\C=C/C=C\CCCCCCCC(=O)OC(COC(=O)CCCCCCC\C=C/C=C\C=C/CC)COC(=O)CCCCCCC/C=C\CCCCCCCCCCC. The van der Waals surface area contributed by atoms with Crippen molar-refractivity contribution in [3.63, 3.8) is 0 Å². The normalized spacial score (nSPS) is 12.9. The zero-order chi connectivity index (χ0) is 46.5. The molecule has 0 aliphatic carbocycles. The summed E-state index contributed by atoms with van der Waals surface area (Å²) in [5.74, 6) is -0.954. The minimum atomic E-state index is -0.802. The van der Waals surface area contributed by atoms with Crippen molar-refractivity contribution >= 4 is 17.9 Å². The van der Waals surface area contributed by atoms with E-state index in [0.29, 0.717) is 19.3 Å². The van der Waals surface area contributed by atoms with Crippen LogP contribution in [-0.4, -0.2) is 37.2 Å². The van der Waals surface area contributed by atoms with Gasteiger partial charge in [-0.15, -0.1) is 0 Å². The first kappa shape index (κ1) is 60.3. The van der Waals surface area contributed by atoms with Crippen LogP contribution in [0.3, 0.4) is 0 Å². The highest BCUT2D eigenvalue weighted by molar-refractivity contribution is 5.71. The second kappa shape index (κ2) is 52.0. The van der Waals surface area contributed by atoms with Crippen LogP contribution in [0, 0.1) is 0 Å². The summed E-state index contributed by atoms with van der Waals surface area (Å²) in [5, 5.41) is 0. The number of carbonyl (C=O) groups excluding carboxylic acids is 3. The number of unbranched alkanes of at least 4 members (excludes halogenated alkanes) is 24. The summed E-state index contributed by atoms with van der Waals surface area (Å²) in [5.41, 5.74) is 0. The van der Waals surface area contributed by atoms with Crippen molar-refractivity contribution in [3.05, 3.63) is 97.2 Å². The lowest BCUT2D eigenvalue weighted by atomic mass is 10.1. The predicted molar refractivity (Wildman–Crippen MR) is 274 cm³/mol. The van der Waals surface area contributed by atoms with E-state index in [1.54, 1.807) is 0 Å². The third-order valence-electron chi connectivity index (χ3n) is 11.0. The molecule has 6 nitrogen and oxygen atoms in total. The van der Waals surface area contributed by atoms with Gasteiger partial charge >= 0.3 is 17.9 Å². The van der Waals surface area contributed by atoms with Gasteiger partial charge in [-0.3, -0.25) is 14.4 Å². The van der Waals surface area contributed by atoms with Crippen LogP contribution in [-0.2, 0) is 28.6 Å². The monoisotopic (exact) mass is 889 g/mol. The fraction of sp³-hybridized carbons (Fsp3) is 0.672. The van der Waals surface area contributed by atoms with E-state index in [4.69, 9.17) is 14.2 Å². The first-order valence-corrected chi connectivity index (χ1v) is 26.3. The highest BCUT2D eigenvalue weighted by Crippen LogP contribution is 2.14. The molecule has 64 heavy (non-hydrogen) atoms. The molecule has 1 atom stereocenters. The Kier molecular flexibility index (Phi) is 49.0. The zero-order valence-corrected chi connectivity index (χ0v) is 41.5. The molecule has 0 heterocycles. The van der Waals surface area contributed by atoms with E-state index >= 15 is 0 Å². The van der Waals surface area contributed by atoms with Crippen LogP contribution in [0.2, 0.25) is 0 Å². The van der Waals surface area contributed by atoms with Gasteiger partial charge in [0.15, 0.2) is 6.10 Å². The van der Waals surface area contributed by atoms with Gasteiger partial charge in [0.05, 0.1) is 0 Å². The Morgan fingerprint density at radius 1 is 0.328 bits per heavy atom. The summed E-state index contributed by atoms with van der Waals surface area (Å²) in [6, 6.07) is 0. The fourth-order valence-corrected chi connectivity index (χ4v) is 7.04. The highest BCUT2D eigenvalue weighted by Gasteiger charge is 2.19. The first-order valence-electron chi connectivity index (χ1n) is 26.3. The number of carbonyl (C=O) groups is 3. The van der Waals surface area contributed by atoms with Gasteiger partial charge in [-0.25, -0.2) is 0 Å². The molecule has 0 saturated carbocycles. The van der Waals surface area contributed by atoms with E-state index in [2.05, 4.69) is 93.7 Å². The average Bonchev–Trinajstić information content (AvgIpc) is 3.29. The van der Waals surface area contributed by atoms with Gasteiger partial charge in [-0.2, -0.15) is 0 Å². The maximum atomic E-state index is 12.8. The maximum Gasteiger partial charge on any atom is 0.306 e. The number of rotatable bonds is 46. The van der Waals surface area contributed by atoms with E-state index in [1.807, 2.05) is 24.3 Å². The van der Waals surface area contributed by atoms with Gasteiger partial charge in [-0.1, -0.05) is 227 Å². The van der Waals surface area contributed by atoms with Gasteiger partial charge in [-0.05, 0) is 83.5 Å². The van der Waals surface area contributed by atoms with Crippen molar-refractivity contribution in [3.8, 4) is 0 Å². The molecule has 1 unspecified atom stereocenters. The predicted octanol–water partition coefficient (Wildman–Crippen LogP) is 17.4. The molecule has 0 bridgehead atoms. The van der Waals surface area contributed by atoms with Crippen LogP contribution in [0.15, 0.2) is 97.2 Å². The fourth-order valence-electron chi connectivity index (χ4n) is 7.04. The molecule has 0 aromatic heterocycles. The van der Waals surface area contributed by atoms with E-state index in [-0.39, 0.29) is 31.1 Å². The average molecular weight is 889 g/mol. The molecule has 0 N–H and O–H groups in total. The minimum absolute atomic E-state index is 0.0994. The summed E-state index contributed by atoms with van der Waals surface area (Å²) in [4.78, 5) is 38.0. The van der Waals surface area contributed by atoms with Gasteiger partial charge in [0.1, 0.15) is 13.2 Å². The van der Waals surface area contributed by atoms with Crippen LogP contribution < -0.4 is 0 Å². The second-order valence-electron chi connectivity index (χ2n) is 17.2. The van der Waals surface area contributed by atoms with Crippen molar-refractivity contribution in [2.45, 2.75) is 239 Å². The van der Waals surface area contributed by atoms with Crippen molar-refractivity contribution in [1.29, 1.82) is 0 Å². The van der Waals surface area contributed by atoms with Crippen molar-refractivity contribution < 1.29 is 28.6 Å². The van der Waals surface area contributed by atoms with E-state index < -0.39 is 6.10 Å². The molecule has 0 aliphatic rings. The Hall–Kier alpha value is -3.67. The van der Waals surface area contributed by atoms with Crippen LogP contribution in [0.25, 0.3) is 0 Å². The number of hydrogen-bond acceptors (Lipinski definition) is 6. The molecule has 0 rings (SSSR count). The van der Waals surface area contributed by atoms with E-state index in [1.165, 1.54) is 77.0 Å². The second-order valence-corrected chi connectivity index (χ2v) is 17.2. The highest BCUT2D eigenvalue weighted by atomic mass is 16.6. The van der Waals surface area contributed by atoms with Gasteiger partial charge in [0.25, 0.3) is 0 Å². The molecule has 0 aromatic carbocycles. The molecule has 364 valence electrons. The Morgan fingerprint density at radius 3 is 1.00 bits per heavy atom. The lowest BCUT2D eigenvalue weighted by molar-refractivity contribution is -0.167. The first-order chi connectivity index (χ1) is 31.5. The quantitative estimate of drug-likeness (QED) is 0.0199. The molecule has 0 radical (unpaired) electrons. The smallest absolute Gasteiger partial charge is 0.306 e. The van der Waals surface area contributed by atoms with Crippen molar-refractivity contribution in [2.24, 2.45) is 0 Å². The Bertz CT molecular complexity index is 1300. The molecule has 0 fully saturated rings. The largest absolute Gasteiger partial charge is 0.462 e. The van der Waals surface area contributed by atoms with Gasteiger partial charge in [0.2, 0.25) is 0 Å². The molecule has 0 saturated heterocycles. The summed E-state index contributed by atoms with van der Waals surface area (Å²) in [7, 11) is 0. The Morgan fingerprint density at radius 2 is 0.625 bits per heavy atom. The summed E-state index contributed by atoms with van der Waals surface area (Å²) in [6.07, 6.45) is 68.2. The van der Waals surface area contributed by atoms with Gasteiger partial charge in [0, 0.05) is 19.3 Å². The molecule has 6 heteroatoms. The summed E-state index contributed by atoms with van der Waals surface area (Å²) < 4.78 is 16.8. The number of esters is 3. The van der Waals surface area contributed by atoms with Crippen molar-refractivity contribution in [1.82, 2.24) is 0 Å². The van der Waals surface area contributed by atoms with Crippen LogP contribution in [0.5, 0.6) is 0 Å². The third-order valence-corrected chi connectivity index (χ3v) is 11.0. The van der Waals surface area contributed by atoms with Crippen molar-refractivity contribution in [2.75, 3.05) is 13.2 Å². The lowest BCUT2D eigenvalue weighted by Crippen LogP contribution is -2.30. The molecule has 0 amide bonds. The Labute approximate surface area is 394 Å². The van der Waals surface area contributed by atoms with Crippen LogP contribution in [0.4, 0.5) is 0 Å². The number of hydrogen-bond donors (Lipinski definition) is 0. The number of allylic oxidation sites excluding steroid dienone is 16. The van der Waals surface area contributed by atoms with E-state index in [0.717, 1.165) is 116 Å². The van der Waals surface area contributed by atoms with E-state index in [9.17, 15) is 14.4 Å².